The lowest BCUT2D eigenvalue weighted by atomic mass is 9.92. The van der Waals surface area contributed by atoms with Crippen LogP contribution in [0.15, 0.2) is 54.6 Å². The topological polar surface area (TPSA) is 64.3 Å². The predicted octanol–water partition coefficient (Wildman–Crippen LogP) is 2.36. The fourth-order valence-electron chi connectivity index (χ4n) is 2.14. The zero-order valence-electron chi connectivity index (χ0n) is 13.0. The molecule has 22 heavy (non-hydrogen) atoms. The minimum absolute atomic E-state index is 0.216. The molecule has 0 saturated carbocycles. The van der Waals surface area contributed by atoms with Crippen molar-refractivity contribution in [3.8, 4) is 5.75 Å². The van der Waals surface area contributed by atoms with E-state index in [-0.39, 0.29) is 5.91 Å². The van der Waals surface area contributed by atoms with Crippen molar-refractivity contribution in [1.82, 2.24) is 5.32 Å². The Morgan fingerprint density at radius 1 is 1.18 bits per heavy atom. The summed E-state index contributed by atoms with van der Waals surface area (Å²) in [5.41, 5.74) is 7.01. The maximum atomic E-state index is 12.2. The molecule has 3 N–H and O–H groups in total. The van der Waals surface area contributed by atoms with Crippen LogP contribution in [0.2, 0.25) is 0 Å². The number of hydrogen-bond acceptors (Lipinski definition) is 3. The summed E-state index contributed by atoms with van der Waals surface area (Å²) >= 11 is 0. The summed E-state index contributed by atoms with van der Waals surface area (Å²) < 4.78 is 5.60. The van der Waals surface area contributed by atoms with Gasteiger partial charge < -0.3 is 15.8 Å². The average molecular weight is 298 g/mol. The summed E-state index contributed by atoms with van der Waals surface area (Å²) in [5.74, 6) is 0.583. The number of carbonyl (C=O) groups is 1. The van der Waals surface area contributed by atoms with Gasteiger partial charge >= 0.3 is 0 Å². The Kier molecular flexibility index (Phi) is 5.17. The van der Waals surface area contributed by atoms with Crippen LogP contribution in [0.5, 0.6) is 5.75 Å². The molecule has 0 bridgehead atoms. The van der Waals surface area contributed by atoms with E-state index in [9.17, 15) is 4.79 Å². The van der Waals surface area contributed by atoms with Crippen LogP contribution in [0.1, 0.15) is 18.1 Å². The van der Waals surface area contributed by atoms with Crippen molar-refractivity contribution in [3.05, 3.63) is 65.7 Å². The van der Waals surface area contributed by atoms with Crippen LogP contribution in [0.25, 0.3) is 0 Å². The monoisotopic (exact) mass is 298 g/mol. The highest BCUT2D eigenvalue weighted by molar-refractivity contribution is 5.86. The Morgan fingerprint density at radius 2 is 1.91 bits per heavy atom. The molecule has 0 spiro atoms. The van der Waals surface area contributed by atoms with Crippen LogP contribution in [0.3, 0.4) is 0 Å². The van der Waals surface area contributed by atoms with Crippen LogP contribution < -0.4 is 15.8 Å². The molecule has 116 valence electrons. The van der Waals surface area contributed by atoms with E-state index in [1.165, 1.54) is 0 Å². The lowest BCUT2D eigenvalue weighted by molar-refractivity contribution is -0.126. The van der Waals surface area contributed by atoms with Crippen LogP contribution in [0.4, 0.5) is 0 Å². The van der Waals surface area contributed by atoms with Gasteiger partial charge in [-0.1, -0.05) is 42.5 Å². The summed E-state index contributed by atoms with van der Waals surface area (Å²) in [6, 6.07) is 17.1. The number of carbonyl (C=O) groups excluding carboxylic acids is 1. The van der Waals surface area contributed by atoms with Gasteiger partial charge in [-0.2, -0.15) is 0 Å². The van der Waals surface area contributed by atoms with Gasteiger partial charge in [-0.25, -0.2) is 0 Å². The number of nitrogens with one attached hydrogen (secondary N) is 1. The molecule has 1 atom stereocenters. The molecule has 0 fully saturated rings. The van der Waals surface area contributed by atoms with Gasteiger partial charge in [0.2, 0.25) is 5.91 Å². The Hall–Kier alpha value is -2.33. The Labute approximate surface area is 131 Å². The largest absolute Gasteiger partial charge is 0.492 e. The van der Waals surface area contributed by atoms with Crippen molar-refractivity contribution in [2.24, 2.45) is 5.73 Å². The van der Waals surface area contributed by atoms with Crippen LogP contribution >= 0.6 is 0 Å². The minimum Gasteiger partial charge on any atom is -0.492 e. The molecule has 0 saturated heterocycles. The SMILES string of the molecule is Cc1cccc(OCCNC(=O)C(C)(N)c2ccccc2)c1. The number of aryl methyl sites for hydroxylation is 1. The van der Waals surface area contributed by atoms with Gasteiger partial charge in [-0.15, -0.1) is 0 Å². The molecule has 0 aromatic heterocycles. The molecule has 2 aromatic rings. The third kappa shape index (κ3) is 4.09. The van der Waals surface area contributed by atoms with Crippen LogP contribution in [-0.4, -0.2) is 19.1 Å². The van der Waals surface area contributed by atoms with Crippen molar-refractivity contribution >= 4 is 5.91 Å². The van der Waals surface area contributed by atoms with Gasteiger partial charge in [0.1, 0.15) is 17.9 Å². The van der Waals surface area contributed by atoms with Crippen LogP contribution in [0, 0.1) is 6.92 Å². The highest BCUT2D eigenvalue weighted by atomic mass is 16.5. The fraction of sp³-hybridized carbons (Fsp3) is 0.278. The first-order valence-corrected chi connectivity index (χ1v) is 7.32. The van der Waals surface area contributed by atoms with E-state index < -0.39 is 5.54 Å². The third-order valence-corrected chi connectivity index (χ3v) is 3.49. The zero-order chi connectivity index (χ0) is 16.0. The first kappa shape index (κ1) is 16.0. The Morgan fingerprint density at radius 3 is 2.59 bits per heavy atom. The first-order chi connectivity index (χ1) is 10.5. The van der Waals surface area contributed by atoms with Crippen molar-refractivity contribution in [1.29, 1.82) is 0 Å². The van der Waals surface area contributed by atoms with Gasteiger partial charge in [0.05, 0.1) is 6.54 Å². The lowest BCUT2D eigenvalue weighted by Gasteiger charge is -2.24. The van der Waals surface area contributed by atoms with Gasteiger partial charge in [-0.3, -0.25) is 4.79 Å². The van der Waals surface area contributed by atoms with E-state index in [0.717, 1.165) is 16.9 Å². The lowest BCUT2D eigenvalue weighted by Crippen LogP contribution is -2.49. The van der Waals surface area contributed by atoms with E-state index in [1.807, 2.05) is 61.5 Å². The summed E-state index contributed by atoms with van der Waals surface area (Å²) in [6.45, 7) is 4.53. The maximum absolute atomic E-state index is 12.2. The highest BCUT2D eigenvalue weighted by Gasteiger charge is 2.29. The van der Waals surface area contributed by atoms with Gasteiger partial charge in [-0.05, 0) is 37.1 Å². The normalized spacial score (nSPS) is 13.2. The molecule has 2 rings (SSSR count). The molecule has 0 radical (unpaired) electrons. The molecule has 4 nitrogen and oxygen atoms in total. The molecular weight excluding hydrogens is 276 g/mol. The predicted molar refractivity (Wildman–Crippen MR) is 87.7 cm³/mol. The Bertz CT molecular complexity index is 624. The summed E-state index contributed by atoms with van der Waals surface area (Å²) in [5, 5.41) is 2.82. The molecule has 1 unspecified atom stereocenters. The highest BCUT2D eigenvalue weighted by Crippen LogP contribution is 2.17. The minimum atomic E-state index is -1.05. The second-order valence-electron chi connectivity index (χ2n) is 5.49. The molecule has 4 heteroatoms. The van der Waals surface area contributed by atoms with Crippen LogP contribution in [-0.2, 0) is 10.3 Å². The number of ether oxygens (including phenoxy) is 1. The first-order valence-electron chi connectivity index (χ1n) is 7.32. The van der Waals surface area contributed by atoms with Crippen molar-refractivity contribution in [2.75, 3.05) is 13.2 Å². The van der Waals surface area contributed by atoms with E-state index in [4.69, 9.17) is 10.5 Å². The summed E-state index contributed by atoms with van der Waals surface area (Å²) in [4.78, 5) is 12.2. The molecule has 0 heterocycles. The summed E-state index contributed by atoms with van der Waals surface area (Å²) in [7, 11) is 0. The van der Waals surface area contributed by atoms with E-state index >= 15 is 0 Å². The van der Waals surface area contributed by atoms with Gasteiger partial charge in [0, 0.05) is 0 Å². The summed E-state index contributed by atoms with van der Waals surface area (Å²) in [6.07, 6.45) is 0. The smallest absolute Gasteiger partial charge is 0.244 e. The standard InChI is InChI=1S/C18H22N2O2/c1-14-7-6-10-16(13-14)22-12-11-20-17(21)18(2,19)15-8-4-3-5-9-15/h3-10,13H,11-12,19H2,1-2H3,(H,20,21). The van der Waals surface area contributed by atoms with Crippen molar-refractivity contribution in [3.63, 3.8) is 0 Å². The zero-order valence-corrected chi connectivity index (χ0v) is 13.0. The number of benzene rings is 2. The van der Waals surface area contributed by atoms with Crippen molar-refractivity contribution < 1.29 is 9.53 Å². The average Bonchev–Trinajstić information content (AvgIpc) is 2.52. The van der Waals surface area contributed by atoms with Gasteiger partial charge in [0.25, 0.3) is 0 Å². The van der Waals surface area contributed by atoms with Gasteiger partial charge in [0.15, 0.2) is 0 Å². The molecule has 2 aromatic carbocycles. The molecule has 0 aliphatic rings. The second kappa shape index (κ2) is 7.09. The van der Waals surface area contributed by atoms with Crippen molar-refractivity contribution in [2.45, 2.75) is 19.4 Å². The fourth-order valence-corrected chi connectivity index (χ4v) is 2.14. The second-order valence-corrected chi connectivity index (χ2v) is 5.49. The number of hydrogen-bond donors (Lipinski definition) is 2. The molecule has 0 aliphatic carbocycles. The molecular formula is C18H22N2O2. The number of amides is 1. The van der Waals surface area contributed by atoms with E-state index in [0.29, 0.717) is 13.2 Å². The third-order valence-electron chi connectivity index (χ3n) is 3.49. The van der Waals surface area contributed by atoms with E-state index in [2.05, 4.69) is 5.32 Å². The number of nitrogens with two attached hydrogens (primary N) is 1. The quantitative estimate of drug-likeness (QED) is 0.805. The maximum Gasteiger partial charge on any atom is 0.244 e. The molecule has 0 aliphatic heterocycles. The molecule has 1 amide bonds. The Balaban J connectivity index is 1.83. The van der Waals surface area contributed by atoms with E-state index in [1.54, 1.807) is 6.92 Å². The number of rotatable bonds is 6.